The van der Waals surface area contributed by atoms with Crippen LogP contribution >= 0.6 is 0 Å². The van der Waals surface area contributed by atoms with Gasteiger partial charge in [-0.15, -0.1) is 0 Å². The Labute approximate surface area is 321 Å². The average Bonchev–Trinajstić information content (AvgIpc) is 3.57. The maximum absolute atomic E-state index is 2.50. The normalized spacial score (nSPS) is 12.9. The van der Waals surface area contributed by atoms with Crippen LogP contribution in [0, 0.1) is 0 Å². The highest BCUT2D eigenvalue weighted by atomic mass is 14.5. The molecule has 10 aromatic carbocycles. The molecule has 0 saturated carbocycles. The third kappa shape index (κ3) is 4.85. The second-order valence-electron chi connectivity index (χ2n) is 14.8. The summed E-state index contributed by atoms with van der Waals surface area (Å²) in [5, 5.41) is 7.56. The molecule has 0 fully saturated rings. The molecule has 1 aliphatic rings. The van der Waals surface area contributed by atoms with Crippen molar-refractivity contribution in [1.29, 1.82) is 0 Å². The molecule has 256 valence electrons. The Bertz CT molecular complexity index is 2930. The van der Waals surface area contributed by atoms with Gasteiger partial charge >= 0.3 is 0 Å². The smallest absolute Gasteiger partial charge is 0.0622 e. The topological polar surface area (TPSA) is 0 Å². The predicted octanol–water partition coefficient (Wildman–Crippen LogP) is 14.5. The van der Waals surface area contributed by atoms with E-state index in [2.05, 4.69) is 218 Å². The van der Waals surface area contributed by atoms with Crippen LogP contribution in [0.4, 0.5) is 0 Å². The van der Waals surface area contributed by atoms with E-state index in [0.29, 0.717) is 0 Å². The standard InChI is InChI=1S/C55H36/c1-3-20-44(21-4-1)55(45-22-5-2-6-23-45)53-36-40(30-31-51(53)52-32-29-39-17-9-12-26-50(39)54(52)55)41-33-42(48-27-13-18-37-15-7-10-24-46(37)48)35-43(34-41)49-28-14-19-38-16-8-11-25-47(38)49/h1-36H. The lowest BCUT2D eigenvalue weighted by atomic mass is 9.66. The summed E-state index contributed by atoms with van der Waals surface area (Å²) in [6, 6.07) is 81.1. The first-order valence-electron chi connectivity index (χ1n) is 19.2. The first kappa shape index (κ1) is 31.5. The van der Waals surface area contributed by atoms with Gasteiger partial charge in [0.1, 0.15) is 0 Å². The third-order valence-corrected chi connectivity index (χ3v) is 11.9. The van der Waals surface area contributed by atoms with Gasteiger partial charge in [0.25, 0.3) is 0 Å². The lowest BCUT2D eigenvalue weighted by Gasteiger charge is -2.35. The third-order valence-electron chi connectivity index (χ3n) is 11.9. The molecule has 0 aliphatic heterocycles. The van der Waals surface area contributed by atoms with Crippen LogP contribution in [-0.4, -0.2) is 0 Å². The highest BCUT2D eigenvalue weighted by molar-refractivity contribution is 6.03. The molecule has 0 N–H and O–H groups in total. The van der Waals surface area contributed by atoms with Gasteiger partial charge in [-0.2, -0.15) is 0 Å². The van der Waals surface area contributed by atoms with Gasteiger partial charge in [-0.25, -0.2) is 0 Å². The Morgan fingerprint density at radius 1 is 0.255 bits per heavy atom. The van der Waals surface area contributed by atoms with Crippen molar-refractivity contribution in [2.45, 2.75) is 5.41 Å². The number of rotatable bonds is 5. The van der Waals surface area contributed by atoms with Crippen LogP contribution in [0.2, 0.25) is 0 Å². The van der Waals surface area contributed by atoms with E-state index in [1.807, 2.05) is 0 Å². The van der Waals surface area contributed by atoms with Crippen molar-refractivity contribution in [3.05, 3.63) is 241 Å². The van der Waals surface area contributed by atoms with Gasteiger partial charge in [-0.1, -0.05) is 194 Å². The Balaban J connectivity index is 1.22. The van der Waals surface area contributed by atoms with Crippen LogP contribution in [-0.2, 0) is 5.41 Å². The minimum Gasteiger partial charge on any atom is -0.0622 e. The first-order chi connectivity index (χ1) is 27.3. The molecule has 0 radical (unpaired) electrons. The Morgan fingerprint density at radius 2 is 0.709 bits per heavy atom. The van der Waals surface area contributed by atoms with Crippen molar-refractivity contribution in [2.24, 2.45) is 0 Å². The molecular formula is C55H36. The molecule has 55 heavy (non-hydrogen) atoms. The van der Waals surface area contributed by atoms with E-state index >= 15 is 0 Å². The van der Waals surface area contributed by atoms with Crippen LogP contribution in [0.1, 0.15) is 22.3 Å². The van der Waals surface area contributed by atoms with E-state index in [9.17, 15) is 0 Å². The van der Waals surface area contributed by atoms with E-state index in [4.69, 9.17) is 0 Å². The summed E-state index contributed by atoms with van der Waals surface area (Å²) in [6.45, 7) is 0. The van der Waals surface area contributed by atoms with Gasteiger partial charge < -0.3 is 0 Å². The lowest BCUT2D eigenvalue weighted by Crippen LogP contribution is -2.28. The van der Waals surface area contributed by atoms with Crippen LogP contribution in [0.5, 0.6) is 0 Å². The van der Waals surface area contributed by atoms with Crippen molar-refractivity contribution in [3.8, 4) is 44.5 Å². The number of hydrogen-bond acceptors (Lipinski definition) is 0. The van der Waals surface area contributed by atoms with Crippen LogP contribution in [0.25, 0.3) is 76.8 Å². The Kier molecular flexibility index (Phi) is 7.19. The van der Waals surface area contributed by atoms with Gasteiger partial charge in [0, 0.05) is 0 Å². The highest BCUT2D eigenvalue weighted by Gasteiger charge is 2.47. The molecule has 0 aromatic heterocycles. The minimum atomic E-state index is -0.518. The lowest BCUT2D eigenvalue weighted by molar-refractivity contribution is 0.776. The predicted molar refractivity (Wildman–Crippen MR) is 233 cm³/mol. The number of fused-ring (bicyclic) bond motifs is 7. The second-order valence-corrected chi connectivity index (χ2v) is 14.8. The molecule has 0 spiro atoms. The van der Waals surface area contributed by atoms with E-state index in [0.717, 1.165) is 0 Å². The first-order valence-corrected chi connectivity index (χ1v) is 19.2. The van der Waals surface area contributed by atoms with E-state index in [-0.39, 0.29) is 0 Å². The van der Waals surface area contributed by atoms with Crippen LogP contribution in [0.15, 0.2) is 218 Å². The van der Waals surface area contributed by atoms with Crippen LogP contribution in [0.3, 0.4) is 0 Å². The molecule has 11 rings (SSSR count). The molecule has 0 heteroatoms. The van der Waals surface area contributed by atoms with Gasteiger partial charge in [0.2, 0.25) is 0 Å². The zero-order chi connectivity index (χ0) is 36.3. The molecule has 0 amide bonds. The van der Waals surface area contributed by atoms with Gasteiger partial charge in [-0.05, 0) is 123 Å². The largest absolute Gasteiger partial charge is 0.0719 e. The Morgan fingerprint density at radius 3 is 1.29 bits per heavy atom. The summed E-state index contributed by atoms with van der Waals surface area (Å²) < 4.78 is 0. The van der Waals surface area contributed by atoms with Crippen molar-refractivity contribution < 1.29 is 0 Å². The van der Waals surface area contributed by atoms with Gasteiger partial charge in [0.15, 0.2) is 0 Å². The summed E-state index contributed by atoms with van der Waals surface area (Å²) in [5.74, 6) is 0. The molecule has 0 bridgehead atoms. The monoisotopic (exact) mass is 696 g/mol. The summed E-state index contributed by atoms with van der Waals surface area (Å²) in [5.41, 5.74) is 14.6. The van der Waals surface area contributed by atoms with E-state index in [1.54, 1.807) is 0 Å². The fourth-order valence-electron chi connectivity index (χ4n) is 9.51. The zero-order valence-electron chi connectivity index (χ0n) is 30.3. The number of benzene rings is 10. The van der Waals surface area contributed by atoms with Gasteiger partial charge in [0.05, 0.1) is 5.41 Å². The fraction of sp³-hybridized carbons (Fsp3) is 0.0182. The molecular weight excluding hydrogens is 661 g/mol. The summed E-state index contributed by atoms with van der Waals surface area (Å²) in [7, 11) is 0. The SMILES string of the molecule is c1ccc(C2(c3ccccc3)c3cc(-c4cc(-c5cccc6ccccc56)cc(-c5cccc6ccccc56)c4)ccc3-c3ccc4ccccc4c32)cc1. The Hall–Kier alpha value is -7.02. The molecule has 0 nitrogen and oxygen atoms in total. The summed E-state index contributed by atoms with van der Waals surface area (Å²) in [6.07, 6.45) is 0. The minimum absolute atomic E-state index is 0.518. The van der Waals surface area contributed by atoms with Crippen molar-refractivity contribution >= 4 is 32.3 Å². The molecule has 0 atom stereocenters. The molecule has 1 aliphatic carbocycles. The van der Waals surface area contributed by atoms with Crippen LogP contribution < -0.4 is 0 Å². The van der Waals surface area contributed by atoms with Crippen molar-refractivity contribution in [2.75, 3.05) is 0 Å². The average molecular weight is 697 g/mol. The molecule has 10 aromatic rings. The maximum atomic E-state index is 2.50. The van der Waals surface area contributed by atoms with Crippen molar-refractivity contribution in [3.63, 3.8) is 0 Å². The van der Waals surface area contributed by atoms with Crippen molar-refractivity contribution in [1.82, 2.24) is 0 Å². The van der Waals surface area contributed by atoms with Gasteiger partial charge in [-0.3, -0.25) is 0 Å². The quantitative estimate of drug-likeness (QED) is 0.168. The molecule has 0 saturated heterocycles. The molecule has 0 heterocycles. The second kappa shape index (κ2) is 12.5. The fourth-order valence-corrected chi connectivity index (χ4v) is 9.51. The highest BCUT2D eigenvalue weighted by Crippen LogP contribution is 2.58. The van der Waals surface area contributed by atoms with E-state index < -0.39 is 5.41 Å². The summed E-state index contributed by atoms with van der Waals surface area (Å²) >= 11 is 0. The number of hydrogen-bond donors (Lipinski definition) is 0. The molecule has 0 unspecified atom stereocenters. The summed E-state index contributed by atoms with van der Waals surface area (Å²) in [4.78, 5) is 0. The van der Waals surface area contributed by atoms with E-state index in [1.165, 1.54) is 99.1 Å². The maximum Gasteiger partial charge on any atom is 0.0719 e. The zero-order valence-corrected chi connectivity index (χ0v) is 30.3.